The van der Waals surface area contributed by atoms with E-state index in [2.05, 4.69) is 4.98 Å². The molecule has 1 amide bonds. The molecule has 11 heteroatoms. The molecule has 2 aromatic rings. The predicted molar refractivity (Wildman–Crippen MR) is 108 cm³/mol. The van der Waals surface area contributed by atoms with Gasteiger partial charge >= 0.3 is 12.1 Å². The number of hydrogen-bond donors (Lipinski definition) is 1. The van der Waals surface area contributed by atoms with E-state index in [4.69, 9.17) is 14.6 Å². The summed E-state index contributed by atoms with van der Waals surface area (Å²) in [6, 6.07) is 9.33. The fraction of sp³-hybridized carbons (Fsp3) is 0.429. The van der Waals surface area contributed by atoms with Crippen molar-refractivity contribution in [1.29, 1.82) is 0 Å². The molecule has 0 fully saturated rings. The Labute approximate surface area is 182 Å². The zero-order valence-corrected chi connectivity index (χ0v) is 17.7. The molecule has 2 aromatic heterocycles. The highest BCUT2D eigenvalue weighted by atomic mass is 19.4. The lowest BCUT2D eigenvalue weighted by molar-refractivity contribution is -0.192. The first-order chi connectivity index (χ1) is 15.0. The number of aliphatic carboxylic acids is 1. The fourth-order valence-electron chi connectivity index (χ4n) is 3.28. The Morgan fingerprint density at radius 1 is 1.16 bits per heavy atom. The third kappa shape index (κ3) is 6.91. The second kappa shape index (κ2) is 10.9. The number of aromatic nitrogens is 2. The summed E-state index contributed by atoms with van der Waals surface area (Å²) in [6.45, 7) is 3.74. The lowest BCUT2D eigenvalue weighted by atomic mass is 10.1. The molecule has 1 aliphatic heterocycles. The minimum atomic E-state index is -5.08. The van der Waals surface area contributed by atoms with Gasteiger partial charge in [-0.25, -0.2) is 4.79 Å². The van der Waals surface area contributed by atoms with Crippen molar-refractivity contribution in [3.05, 3.63) is 63.3 Å². The molecule has 0 radical (unpaired) electrons. The van der Waals surface area contributed by atoms with Crippen LogP contribution in [-0.2, 0) is 33.7 Å². The zero-order valence-electron chi connectivity index (χ0n) is 17.7. The van der Waals surface area contributed by atoms with E-state index < -0.39 is 12.1 Å². The molecular weight excluding hydrogens is 431 g/mol. The van der Waals surface area contributed by atoms with Crippen LogP contribution < -0.4 is 5.56 Å². The number of carboxylic acids is 1. The molecule has 1 aliphatic rings. The molecule has 0 saturated heterocycles. The highest BCUT2D eigenvalue weighted by Crippen LogP contribution is 2.16. The minimum absolute atomic E-state index is 0.00967. The number of alkyl halides is 3. The molecule has 0 bridgehead atoms. The Balaban J connectivity index is 0.000000451. The summed E-state index contributed by atoms with van der Waals surface area (Å²) < 4.78 is 38.5. The molecule has 1 N–H and O–H groups in total. The maximum Gasteiger partial charge on any atom is 0.490 e. The van der Waals surface area contributed by atoms with Gasteiger partial charge in [-0.2, -0.15) is 13.2 Å². The van der Waals surface area contributed by atoms with E-state index in [0.717, 1.165) is 29.1 Å². The second-order valence-corrected chi connectivity index (χ2v) is 7.12. The number of nitrogens with zero attached hydrogens (tertiary/aromatic N) is 3. The van der Waals surface area contributed by atoms with Crippen LogP contribution in [0.5, 0.6) is 0 Å². The van der Waals surface area contributed by atoms with Gasteiger partial charge < -0.3 is 19.3 Å². The van der Waals surface area contributed by atoms with Gasteiger partial charge in [0.25, 0.3) is 5.56 Å². The van der Waals surface area contributed by atoms with Gasteiger partial charge in [-0.15, -0.1) is 0 Å². The maximum absolute atomic E-state index is 12.4. The lowest BCUT2D eigenvalue weighted by Gasteiger charge is -2.19. The van der Waals surface area contributed by atoms with Crippen molar-refractivity contribution in [2.24, 2.45) is 0 Å². The standard InChI is InChI=1S/C19H23N3O3.C2HF3O2/c1-14-4-3-5-16(20-14)12-22-17-9-11-21(19(24)13-25-2)10-8-15(17)6-7-18(22)23;3-2(4,5)1(6)7/h3-7H,8-13H2,1-2H3;(H,6,7). The molecule has 0 aliphatic carbocycles. The van der Waals surface area contributed by atoms with Crippen molar-refractivity contribution in [1.82, 2.24) is 14.5 Å². The number of aryl methyl sites for hydroxylation is 1. The predicted octanol–water partition coefficient (Wildman–Crippen LogP) is 1.81. The number of fused-ring (bicyclic) bond motifs is 1. The minimum Gasteiger partial charge on any atom is -0.475 e. The largest absolute Gasteiger partial charge is 0.490 e. The zero-order chi connectivity index (χ0) is 23.9. The number of carbonyl (C=O) groups is 2. The highest BCUT2D eigenvalue weighted by molar-refractivity contribution is 5.77. The molecule has 0 aromatic carbocycles. The smallest absolute Gasteiger partial charge is 0.475 e. The first kappa shape index (κ1) is 25.1. The summed E-state index contributed by atoms with van der Waals surface area (Å²) in [5.74, 6) is -2.77. The Morgan fingerprint density at radius 3 is 2.41 bits per heavy atom. The number of methoxy groups -OCH3 is 1. The van der Waals surface area contributed by atoms with E-state index in [0.29, 0.717) is 26.1 Å². The average Bonchev–Trinajstić information content (AvgIpc) is 2.93. The van der Waals surface area contributed by atoms with Crippen LogP contribution in [0, 0.1) is 6.92 Å². The van der Waals surface area contributed by atoms with Crippen molar-refractivity contribution in [3.63, 3.8) is 0 Å². The summed E-state index contributed by atoms with van der Waals surface area (Å²) in [5, 5.41) is 7.12. The van der Waals surface area contributed by atoms with Crippen molar-refractivity contribution < 1.29 is 32.6 Å². The van der Waals surface area contributed by atoms with Crippen molar-refractivity contribution in [2.75, 3.05) is 26.8 Å². The van der Waals surface area contributed by atoms with E-state index in [1.807, 2.05) is 36.1 Å². The topological polar surface area (TPSA) is 102 Å². The third-order valence-electron chi connectivity index (χ3n) is 4.79. The van der Waals surface area contributed by atoms with E-state index in [1.165, 1.54) is 7.11 Å². The van der Waals surface area contributed by atoms with Crippen LogP contribution in [0.2, 0.25) is 0 Å². The number of amides is 1. The number of hydrogen-bond acceptors (Lipinski definition) is 5. The summed E-state index contributed by atoms with van der Waals surface area (Å²) in [6.07, 6.45) is -3.68. The number of pyridine rings is 2. The normalized spacial score (nSPS) is 13.5. The van der Waals surface area contributed by atoms with Crippen molar-refractivity contribution in [3.8, 4) is 0 Å². The number of rotatable bonds is 4. The van der Waals surface area contributed by atoms with E-state index >= 15 is 0 Å². The Bertz CT molecular complexity index is 1020. The van der Waals surface area contributed by atoms with E-state index in [1.54, 1.807) is 10.6 Å². The Hall–Kier alpha value is -3.21. The van der Waals surface area contributed by atoms with Crippen molar-refractivity contribution in [2.45, 2.75) is 32.5 Å². The molecule has 0 atom stereocenters. The summed E-state index contributed by atoms with van der Waals surface area (Å²) >= 11 is 0. The Kier molecular flexibility index (Phi) is 8.53. The second-order valence-electron chi connectivity index (χ2n) is 7.12. The van der Waals surface area contributed by atoms with Gasteiger partial charge in [0.15, 0.2) is 0 Å². The maximum atomic E-state index is 12.4. The quantitative estimate of drug-likeness (QED) is 0.755. The number of carbonyl (C=O) groups excluding carboxylic acids is 1. The number of halogens is 3. The Morgan fingerprint density at radius 2 is 1.81 bits per heavy atom. The lowest BCUT2D eigenvalue weighted by Crippen LogP contribution is -2.36. The molecule has 0 saturated carbocycles. The molecule has 3 heterocycles. The van der Waals surface area contributed by atoms with Crippen LogP contribution in [0.15, 0.2) is 35.1 Å². The summed E-state index contributed by atoms with van der Waals surface area (Å²) in [7, 11) is 1.52. The van der Waals surface area contributed by atoms with Crippen molar-refractivity contribution >= 4 is 11.9 Å². The summed E-state index contributed by atoms with van der Waals surface area (Å²) in [5.41, 5.74) is 3.90. The van der Waals surface area contributed by atoms with E-state index in [-0.39, 0.29) is 18.1 Å². The van der Waals surface area contributed by atoms with E-state index in [9.17, 15) is 22.8 Å². The van der Waals surface area contributed by atoms with Crippen LogP contribution in [0.25, 0.3) is 0 Å². The number of carboxylic acid groups (broad SMARTS) is 1. The molecule has 8 nitrogen and oxygen atoms in total. The average molecular weight is 455 g/mol. The van der Waals surface area contributed by atoms with Gasteiger partial charge in [-0.05, 0) is 31.0 Å². The van der Waals surface area contributed by atoms with Gasteiger partial charge in [0, 0.05) is 44.1 Å². The fourth-order valence-corrected chi connectivity index (χ4v) is 3.28. The molecule has 3 rings (SSSR count). The molecular formula is C21H24F3N3O5. The van der Waals surface area contributed by atoms with Gasteiger partial charge in [-0.3, -0.25) is 14.6 Å². The summed E-state index contributed by atoms with van der Waals surface area (Å²) in [4.78, 5) is 39.8. The van der Waals surface area contributed by atoms with Crippen LogP contribution >= 0.6 is 0 Å². The highest BCUT2D eigenvalue weighted by Gasteiger charge is 2.38. The first-order valence-corrected chi connectivity index (χ1v) is 9.74. The third-order valence-corrected chi connectivity index (χ3v) is 4.79. The van der Waals surface area contributed by atoms with Gasteiger partial charge in [0.2, 0.25) is 5.91 Å². The van der Waals surface area contributed by atoms with Gasteiger partial charge in [-0.1, -0.05) is 12.1 Å². The SMILES string of the molecule is COCC(=O)N1CCc2ccc(=O)n(Cc3cccc(C)n3)c2CC1.O=C(O)C(F)(F)F. The first-order valence-electron chi connectivity index (χ1n) is 9.74. The molecule has 0 unspecified atom stereocenters. The molecule has 174 valence electrons. The van der Waals surface area contributed by atoms with Crippen LogP contribution in [0.4, 0.5) is 13.2 Å². The van der Waals surface area contributed by atoms with Crippen LogP contribution in [-0.4, -0.2) is 64.4 Å². The van der Waals surface area contributed by atoms with Crippen LogP contribution in [0.3, 0.4) is 0 Å². The molecule has 32 heavy (non-hydrogen) atoms. The van der Waals surface area contributed by atoms with Gasteiger partial charge in [0.05, 0.1) is 12.2 Å². The van der Waals surface area contributed by atoms with Crippen LogP contribution in [0.1, 0.15) is 22.6 Å². The monoisotopic (exact) mass is 455 g/mol. The number of ether oxygens (including phenoxy) is 1. The molecule has 0 spiro atoms. The van der Waals surface area contributed by atoms with Gasteiger partial charge in [0.1, 0.15) is 6.61 Å².